The lowest BCUT2D eigenvalue weighted by Gasteiger charge is -2.14. The fourth-order valence-corrected chi connectivity index (χ4v) is 4.55. The van der Waals surface area contributed by atoms with Crippen molar-refractivity contribution in [2.24, 2.45) is 0 Å². The Kier molecular flexibility index (Phi) is 2.82. The average molecular weight is 377 g/mol. The Morgan fingerprint density at radius 1 is 0.793 bits per heavy atom. The Morgan fingerprint density at radius 2 is 1.48 bits per heavy atom. The number of rotatable bonds is 0. The molecule has 0 aliphatic carbocycles. The third kappa shape index (κ3) is 2.11. The molecule has 0 saturated heterocycles. The average Bonchev–Trinajstić information content (AvgIpc) is 3.19. The molecule has 0 N–H and O–H groups in total. The van der Waals surface area contributed by atoms with Crippen molar-refractivity contribution in [2.45, 2.75) is 6.54 Å². The second kappa shape index (κ2) is 5.39. The molecule has 0 atom stereocenters. The van der Waals surface area contributed by atoms with Crippen LogP contribution in [0.3, 0.4) is 0 Å². The zero-order valence-corrected chi connectivity index (χ0v) is 15.6. The molecule has 138 valence electrons. The van der Waals surface area contributed by atoms with Crippen molar-refractivity contribution in [1.29, 1.82) is 0 Å². The number of ether oxygens (including phenoxy) is 1. The molecule has 0 radical (unpaired) electrons. The molecule has 4 aromatic carbocycles. The molecule has 0 amide bonds. The molecule has 2 aliphatic heterocycles. The van der Waals surface area contributed by atoms with Crippen LogP contribution in [0, 0.1) is 0 Å². The summed E-state index contributed by atoms with van der Waals surface area (Å²) in [6.45, 7) is 1.66. The zero-order valence-electron chi connectivity index (χ0n) is 15.6. The van der Waals surface area contributed by atoms with E-state index in [9.17, 15) is 0 Å². The number of benzene rings is 4. The van der Waals surface area contributed by atoms with E-state index < -0.39 is 0 Å². The molecule has 4 heteroatoms. The molecule has 0 bridgehead atoms. The monoisotopic (exact) mass is 377 g/mol. The smallest absolute Gasteiger partial charge is 0.379 e. The van der Waals surface area contributed by atoms with Crippen molar-refractivity contribution < 1.29 is 13.7 Å². The summed E-state index contributed by atoms with van der Waals surface area (Å²) in [4.78, 5) is 2.25. The minimum Gasteiger partial charge on any atom is -0.438 e. The number of anilines is 1. The summed E-state index contributed by atoms with van der Waals surface area (Å²) in [6.07, 6.45) is 2.02. The van der Waals surface area contributed by atoms with Gasteiger partial charge in [0.15, 0.2) is 12.3 Å². The Bertz CT molecular complexity index is 1500. The molecular formula is C25H17N2O2+. The summed E-state index contributed by atoms with van der Waals surface area (Å²) in [5.74, 6) is 2.56. The molecule has 0 saturated carbocycles. The van der Waals surface area contributed by atoms with Gasteiger partial charge >= 0.3 is 5.89 Å². The van der Waals surface area contributed by atoms with E-state index in [1.54, 1.807) is 0 Å². The minimum atomic E-state index is 0.824. The first-order valence-electron chi connectivity index (χ1n) is 9.88. The van der Waals surface area contributed by atoms with Crippen molar-refractivity contribution in [3.8, 4) is 5.75 Å². The van der Waals surface area contributed by atoms with E-state index in [1.807, 2.05) is 6.08 Å². The van der Waals surface area contributed by atoms with Crippen LogP contribution in [0.2, 0.25) is 0 Å². The highest BCUT2D eigenvalue weighted by atomic mass is 16.5. The lowest BCUT2D eigenvalue weighted by molar-refractivity contribution is -0.674. The first-order valence-corrected chi connectivity index (χ1v) is 9.88. The Hall–Kier alpha value is -3.79. The van der Waals surface area contributed by atoms with Crippen molar-refractivity contribution >= 4 is 44.4 Å². The zero-order chi connectivity index (χ0) is 18.9. The van der Waals surface area contributed by atoms with Crippen LogP contribution in [0.25, 0.3) is 38.7 Å². The van der Waals surface area contributed by atoms with Crippen LogP contribution in [0.15, 0.2) is 83.1 Å². The maximum atomic E-state index is 6.24. The summed E-state index contributed by atoms with van der Waals surface area (Å²) in [5, 5.41) is 4.83. The van der Waals surface area contributed by atoms with Crippen LogP contribution in [-0.4, -0.2) is 6.54 Å². The summed E-state index contributed by atoms with van der Waals surface area (Å²) >= 11 is 0. The van der Waals surface area contributed by atoms with Gasteiger partial charge in [-0.1, -0.05) is 48.5 Å². The maximum absolute atomic E-state index is 6.24. The Labute approximate surface area is 166 Å². The summed E-state index contributed by atoms with van der Waals surface area (Å²) < 4.78 is 14.7. The number of fused-ring (bicyclic) bond motifs is 8. The van der Waals surface area contributed by atoms with Crippen LogP contribution >= 0.6 is 0 Å². The molecule has 5 aromatic rings. The summed E-state index contributed by atoms with van der Waals surface area (Å²) in [5.41, 5.74) is 3.15. The standard InChI is InChI=1S/C25H17N2O2/c1-3-7-18-13-22-20(11-16(18)5-1)26-9-10-27-21-12-17-6-2-4-8-19(17)14-23(21)29-25(27)15-24(26)28-22/h1-8,11-15H,9-10H2/q+1. The van der Waals surface area contributed by atoms with Gasteiger partial charge in [0.25, 0.3) is 5.52 Å². The minimum absolute atomic E-state index is 0.824. The normalized spacial score (nSPS) is 15.0. The van der Waals surface area contributed by atoms with E-state index in [2.05, 4.69) is 82.3 Å². The summed E-state index contributed by atoms with van der Waals surface area (Å²) in [6, 6.07) is 25.5. The number of nitrogens with zero attached hydrogens (tertiary/aromatic N) is 2. The van der Waals surface area contributed by atoms with Gasteiger partial charge in [0.05, 0.1) is 12.2 Å². The van der Waals surface area contributed by atoms with Crippen LogP contribution in [0.1, 0.15) is 5.89 Å². The van der Waals surface area contributed by atoms with Crippen molar-refractivity contribution in [1.82, 2.24) is 0 Å². The van der Waals surface area contributed by atoms with Gasteiger partial charge in [-0.05, 0) is 39.7 Å². The lowest BCUT2D eigenvalue weighted by atomic mass is 10.1. The highest BCUT2D eigenvalue weighted by Crippen LogP contribution is 2.42. The van der Waals surface area contributed by atoms with Crippen LogP contribution in [-0.2, 0) is 6.54 Å². The van der Waals surface area contributed by atoms with Crippen LogP contribution in [0.4, 0.5) is 5.69 Å². The Morgan fingerprint density at radius 3 is 2.28 bits per heavy atom. The van der Waals surface area contributed by atoms with Gasteiger partial charge in [-0.25, -0.2) is 0 Å². The van der Waals surface area contributed by atoms with Crippen molar-refractivity contribution in [3.63, 3.8) is 0 Å². The highest BCUT2D eigenvalue weighted by Gasteiger charge is 2.34. The topological polar surface area (TPSA) is 29.5 Å². The fourth-order valence-electron chi connectivity index (χ4n) is 4.55. The number of hydrogen-bond donors (Lipinski definition) is 0. The lowest BCUT2D eigenvalue weighted by Crippen LogP contribution is -2.39. The third-order valence-corrected chi connectivity index (χ3v) is 5.99. The van der Waals surface area contributed by atoms with Crippen LogP contribution < -0.4 is 14.2 Å². The molecule has 1 aromatic heterocycles. The SMILES string of the molecule is C1=C2Oc3cc4ccccc4cc3N2CC[n+]2c1oc1cc3ccccc3cc12. The Balaban J connectivity index is 1.40. The van der Waals surface area contributed by atoms with Gasteiger partial charge in [-0.3, -0.25) is 0 Å². The predicted molar refractivity (Wildman–Crippen MR) is 114 cm³/mol. The largest absolute Gasteiger partial charge is 0.438 e. The van der Waals surface area contributed by atoms with E-state index >= 15 is 0 Å². The van der Waals surface area contributed by atoms with E-state index in [-0.39, 0.29) is 0 Å². The second-order valence-corrected chi connectivity index (χ2v) is 7.66. The summed E-state index contributed by atoms with van der Waals surface area (Å²) in [7, 11) is 0. The molecule has 4 nitrogen and oxygen atoms in total. The van der Waals surface area contributed by atoms with E-state index in [4.69, 9.17) is 9.15 Å². The first kappa shape index (κ1) is 15.2. The number of aromatic nitrogens is 1. The van der Waals surface area contributed by atoms with E-state index in [1.165, 1.54) is 21.5 Å². The quantitative estimate of drug-likeness (QED) is 0.346. The van der Waals surface area contributed by atoms with Gasteiger partial charge in [0.1, 0.15) is 6.08 Å². The molecule has 7 rings (SSSR count). The van der Waals surface area contributed by atoms with E-state index in [0.717, 1.165) is 47.4 Å². The van der Waals surface area contributed by atoms with Gasteiger partial charge in [0, 0.05) is 6.07 Å². The molecule has 0 unspecified atom stereocenters. The molecule has 29 heavy (non-hydrogen) atoms. The van der Waals surface area contributed by atoms with E-state index in [0.29, 0.717) is 0 Å². The van der Waals surface area contributed by atoms with Gasteiger partial charge in [-0.2, -0.15) is 4.57 Å². The van der Waals surface area contributed by atoms with Gasteiger partial charge in [-0.15, -0.1) is 0 Å². The van der Waals surface area contributed by atoms with Crippen molar-refractivity contribution in [2.75, 3.05) is 11.4 Å². The maximum Gasteiger partial charge on any atom is 0.379 e. The first-order chi connectivity index (χ1) is 14.3. The van der Waals surface area contributed by atoms with Crippen LogP contribution in [0.5, 0.6) is 5.75 Å². The molecule has 3 heterocycles. The predicted octanol–water partition coefficient (Wildman–Crippen LogP) is 5.24. The number of oxazole rings is 1. The number of hydrogen-bond acceptors (Lipinski definition) is 3. The third-order valence-electron chi connectivity index (χ3n) is 5.99. The molecular weight excluding hydrogens is 360 g/mol. The highest BCUT2D eigenvalue weighted by molar-refractivity contribution is 5.93. The second-order valence-electron chi connectivity index (χ2n) is 7.66. The fraction of sp³-hybridized carbons (Fsp3) is 0.0800. The van der Waals surface area contributed by atoms with Gasteiger partial charge in [0.2, 0.25) is 11.5 Å². The molecule has 2 aliphatic rings. The van der Waals surface area contributed by atoms with Crippen molar-refractivity contribution in [3.05, 3.63) is 84.6 Å². The van der Waals surface area contributed by atoms with Gasteiger partial charge < -0.3 is 14.1 Å². The molecule has 0 fully saturated rings. The molecule has 0 spiro atoms.